The largest absolute Gasteiger partial charge is 0.372 e. The van der Waals surface area contributed by atoms with Crippen LogP contribution >= 0.6 is 23.5 Å². The van der Waals surface area contributed by atoms with E-state index >= 15 is 0 Å². The Bertz CT molecular complexity index is 383. The zero-order chi connectivity index (χ0) is 15.7. The third-order valence-electron chi connectivity index (χ3n) is 3.52. The minimum Gasteiger partial charge on any atom is -0.372 e. The second-order valence-corrected chi connectivity index (χ2v) is 6.69. The predicted molar refractivity (Wildman–Crippen MR) is 98.6 cm³/mol. The second-order valence-electron chi connectivity index (χ2n) is 4.90. The molecule has 0 spiro atoms. The molecule has 0 saturated carbocycles. The summed E-state index contributed by atoms with van der Waals surface area (Å²) in [5.74, 6) is 1.12. The van der Waals surface area contributed by atoms with Crippen LogP contribution in [0.1, 0.15) is 44.9 Å². The van der Waals surface area contributed by atoms with Crippen LogP contribution in [0.5, 0.6) is 0 Å². The Morgan fingerprint density at radius 1 is 1.24 bits per heavy atom. The fraction of sp³-hybridized carbons (Fsp3) is 0.647. The molecule has 0 bridgehead atoms. The number of thioether (sulfide) groups is 1. The fourth-order valence-electron chi connectivity index (χ4n) is 2.46. The average molecular weight is 329 g/mol. The van der Waals surface area contributed by atoms with Crippen LogP contribution < -0.4 is 4.90 Å². The summed E-state index contributed by atoms with van der Waals surface area (Å²) >= 11 is 8.13. The Balaban J connectivity index is 0.00000106. The van der Waals surface area contributed by atoms with Gasteiger partial charge in [-0.1, -0.05) is 32.9 Å². The van der Waals surface area contributed by atoms with E-state index in [0.717, 1.165) is 31.9 Å². The zero-order valence-electron chi connectivity index (χ0n) is 13.8. The molecule has 1 saturated heterocycles. The van der Waals surface area contributed by atoms with Gasteiger partial charge in [-0.15, -0.1) is 0 Å². The molecule has 0 aliphatic carbocycles. The van der Waals surface area contributed by atoms with Crippen LogP contribution in [0.2, 0.25) is 0 Å². The molecule has 0 radical (unpaired) electrons. The van der Waals surface area contributed by atoms with Gasteiger partial charge in [-0.05, 0) is 42.8 Å². The van der Waals surface area contributed by atoms with E-state index in [-0.39, 0.29) is 0 Å². The molecule has 21 heavy (non-hydrogen) atoms. The van der Waals surface area contributed by atoms with E-state index in [9.17, 15) is 0 Å². The van der Waals surface area contributed by atoms with Gasteiger partial charge >= 0.3 is 0 Å². The average Bonchev–Trinajstić information content (AvgIpc) is 2.55. The predicted octanol–water partition coefficient (Wildman–Crippen LogP) is 5.19. The maximum atomic E-state index is 6.12. The lowest BCUT2D eigenvalue weighted by Gasteiger charge is -2.28. The van der Waals surface area contributed by atoms with E-state index < -0.39 is 0 Å². The molecule has 4 heteroatoms. The van der Waals surface area contributed by atoms with Crippen LogP contribution in [0.15, 0.2) is 24.3 Å². The van der Waals surface area contributed by atoms with Crippen LogP contribution in [0, 0.1) is 0 Å². The molecular weight excluding hydrogens is 300 g/mol. The molecule has 1 atom stereocenters. The molecule has 1 aromatic rings. The van der Waals surface area contributed by atoms with Crippen LogP contribution in [0.4, 0.5) is 5.69 Å². The number of benzene rings is 1. The summed E-state index contributed by atoms with van der Waals surface area (Å²) < 4.78 is 1.91. The van der Waals surface area contributed by atoms with E-state index in [1.807, 2.05) is 30.0 Å². The van der Waals surface area contributed by atoms with Crippen molar-refractivity contribution in [2.75, 3.05) is 36.8 Å². The van der Waals surface area contributed by atoms with Crippen molar-refractivity contribution < 1.29 is 0 Å². The van der Waals surface area contributed by atoms with E-state index in [1.165, 1.54) is 17.7 Å². The number of halogens is 1. The van der Waals surface area contributed by atoms with Crippen molar-refractivity contribution in [1.29, 1.82) is 0 Å². The van der Waals surface area contributed by atoms with Crippen molar-refractivity contribution in [3.05, 3.63) is 29.8 Å². The van der Waals surface area contributed by atoms with Gasteiger partial charge in [0.15, 0.2) is 0 Å². The van der Waals surface area contributed by atoms with Crippen LogP contribution in [-0.4, -0.2) is 36.4 Å². The van der Waals surface area contributed by atoms with Crippen molar-refractivity contribution in [1.82, 2.24) is 4.42 Å². The first-order valence-corrected chi connectivity index (χ1v) is 9.50. The summed E-state index contributed by atoms with van der Waals surface area (Å²) in [7, 11) is 0. The van der Waals surface area contributed by atoms with Gasteiger partial charge < -0.3 is 4.90 Å². The first-order chi connectivity index (χ1) is 10.2. The van der Waals surface area contributed by atoms with Crippen molar-refractivity contribution in [2.45, 2.75) is 39.4 Å². The summed E-state index contributed by atoms with van der Waals surface area (Å²) in [5.41, 5.74) is 2.73. The third kappa shape index (κ3) is 5.72. The van der Waals surface area contributed by atoms with Gasteiger partial charge in [0.25, 0.3) is 0 Å². The summed E-state index contributed by atoms with van der Waals surface area (Å²) in [6.45, 7) is 12.6. The second kappa shape index (κ2) is 10.4. The Morgan fingerprint density at radius 2 is 1.90 bits per heavy atom. The van der Waals surface area contributed by atoms with Crippen LogP contribution in [0.3, 0.4) is 0 Å². The molecule has 0 aromatic heterocycles. The van der Waals surface area contributed by atoms with Gasteiger partial charge in [0, 0.05) is 42.9 Å². The van der Waals surface area contributed by atoms with Gasteiger partial charge in [0.1, 0.15) is 0 Å². The SMILES string of the molecule is CC.CCCN(CC)c1ccc(C2CN(Cl)CCS2)cc1. The van der Waals surface area contributed by atoms with E-state index in [2.05, 4.69) is 43.0 Å². The summed E-state index contributed by atoms with van der Waals surface area (Å²) in [5, 5.41) is 0.515. The van der Waals surface area contributed by atoms with Crippen molar-refractivity contribution in [3.63, 3.8) is 0 Å². The highest BCUT2D eigenvalue weighted by Crippen LogP contribution is 2.34. The van der Waals surface area contributed by atoms with E-state index in [0.29, 0.717) is 5.25 Å². The first kappa shape index (κ1) is 18.7. The molecule has 120 valence electrons. The minimum absolute atomic E-state index is 0.515. The molecule has 1 aliphatic rings. The maximum absolute atomic E-state index is 6.12. The van der Waals surface area contributed by atoms with E-state index in [1.54, 1.807) is 0 Å². The smallest absolute Gasteiger partial charge is 0.0438 e. The lowest BCUT2D eigenvalue weighted by atomic mass is 10.1. The lowest BCUT2D eigenvalue weighted by molar-refractivity contribution is 0.468. The van der Waals surface area contributed by atoms with Gasteiger partial charge in [-0.3, -0.25) is 0 Å². The summed E-state index contributed by atoms with van der Waals surface area (Å²) in [4.78, 5) is 2.42. The Morgan fingerprint density at radius 3 is 2.43 bits per heavy atom. The molecule has 1 unspecified atom stereocenters. The van der Waals surface area contributed by atoms with E-state index in [4.69, 9.17) is 11.8 Å². The molecule has 0 amide bonds. The van der Waals surface area contributed by atoms with Crippen molar-refractivity contribution in [3.8, 4) is 0 Å². The number of nitrogens with zero attached hydrogens (tertiary/aromatic N) is 2. The quantitative estimate of drug-likeness (QED) is 0.686. The Kier molecular flexibility index (Phi) is 9.21. The standard InChI is InChI=1S/C15H23ClN2S.C2H6/c1-3-9-17(4-2)14-7-5-13(6-8-14)15-12-18(16)10-11-19-15;1-2/h5-8,15H,3-4,9-12H2,1-2H3;1-2H3. The zero-order valence-corrected chi connectivity index (χ0v) is 15.4. The molecule has 1 aliphatic heterocycles. The maximum Gasteiger partial charge on any atom is 0.0438 e. The number of rotatable bonds is 5. The highest BCUT2D eigenvalue weighted by atomic mass is 35.5. The molecule has 2 rings (SSSR count). The normalized spacial score (nSPS) is 18.8. The lowest BCUT2D eigenvalue weighted by Crippen LogP contribution is -2.26. The third-order valence-corrected chi connectivity index (χ3v) is 5.07. The number of anilines is 1. The topological polar surface area (TPSA) is 6.48 Å². The van der Waals surface area contributed by atoms with Gasteiger partial charge in [0.2, 0.25) is 0 Å². The van der Waals surface area contributed by atoms with Gasteiger partial charge in [0.05, 0.1) is 0 Å². The number of hydrogen-bond donors (Lipinski definition) is 0. The van der Waals surface area contributed by atoms with Crippen LogP contribution in [-0.2, 0) is 0 Å². The molecule has 1 heterocycles. The molecule has 1 fully saturated rings. The fourth-order valence-corrected chi connectivity index (χ4v) is 4.11. The molecule has 1 aromatic carbocycles. The Hall–Kier alpha value is -0.380. The summed E-state index contributed by atoms with van der Waals surface area (Å²) in [6.07, 6.45) is 1.19. The number of hydrogen-bond acceptors (Lipinski definition) is 3. The minimum atomic E-state index is 0.515. The van der Waals surface area contributed by atoms with Crippen LogP contribution in [0.25, 0.3) is 0 Å². The molecule has 0 N–H and O–H groups in total. The first-order valence-electron chi connectivity index (χ1n) is 8.11. The van der Waals surface area contributed by atoms with Gasteiger partial charge in [-0.25, -0.2) is 4.42 Å². The van der Waals surface area contributed by atoms with Crippen molar-refractivity contribution in [2.24, 2.45) is 0 Å². The van der Waals surface area contributed by atoms with Gasteiger partial charge in [-0.2, -0.15) is 11.8 Å². The highest BCUT2D eigenvalue weighted by Gasteiger charge is 2.20. The molecule has 2 nitrogen and oxygen atoms in total. The monoisotopic (exact) mass is 328 g/mol. The Labute approximate surface area is 140 Å². The highest BCUT2D eigenvalue weighted by molar-refractivity contribution is 7.99. The molecular formula is C17H29ClN2S. The summed E-state index contributed by atoms with van der Waals surface area (Å²) in [6, 6.07) is 9.03. The van der Waals surface area contributed by atoms with Crippen molar-refractivity contribution >= 4 is 29.2 Å².